The first-order valence-electron chi connectivity index (χ1n) is 5.21. The van der Waals surface area contributed by atoms with Crippen LogP contribution in [-0.4, -0.2) is 18.9 Å². The summed E-state index contributed by atoms with van der Waals surface area (Å²) in [6, 6.07) is 6.22. The summed E-state index contributed by atoms with van der Waals surface area (Å²) < 4.78 is 22.5. The van der Waals surface area contributed by atoms with E-state index in [-0.39, 0.29) is 22.1 Å². The highest BCUT2D eigenvalue weighted by Crippen LogP contribution is 2.19. The lowest BCUT2D eigenvalue weighted by molar-refractivity contribution is 0.0563. The van der Waals surface area contributed by atoms with Gasteiger partial charge in [-0.15, -0.1) is 0 Å². The zero-order chi connectivity index (χ0) is 14.0. The Kier molecular flexibility index (Phi) is 3.66. The highest BCUT2D eigenvalue weighted by Gasteiger charge is 2.18. The number of ether oxygens (including phenoxy) is 1. The Labute approximate surface area is 112 Å². The van der Waals surface area contributed by atoms with E-state index in [1.54, 1.807) is 0 Å². The fraction of sp³-hybridized carbons (Fsp3) is 0.0769. The molecule has 1 aromatic heterocycles. The van der Waals surface area contributed by atoms with E-state index in [0.717, 1.165) is 6.07 Å². The first kappa shape index (κ1) is 13.3. The number of hydrogen-bond donors (Lipinski definition) is 0. The van der Waals surface area contributed by atoms with Crippen LogP contribution in [0, 0.1) is 5.82 Å². The average molecular weight is 283 g/mol. The van der Waals surface area contributed by atoms with Crippen LogP contribution in [0.4, 0.5) is 4.39 Å². The third-order valence-electron chi connectivity index (χ3n) is 2.40. The van der Waals surface area contributed by atoms with Crippen LogP contribution in [0.2, 0.25) is 5.02 Å². The lowest BCUT2D eigenvalue weighted by Gasteiger charge is -1.99. The molecule has 0 amide bonds. The van der Waals surface area contributed by atoms with Gasteiger partial charge >= 0.3 is 5.97 Å². The second kappa shape index (κ2) is 5.24. The molecule has 0 unspecified atom stereocenters. The Morgan fingerprint density at radius 2 is 1.89 bits per heavy atom. The van der Waals surface area contributed by atoms with Crippen molar-refractivity contribution in [3.05, 3.63) is 58.3 Å². The van der Waals surface area contributed by atoms with Gasteiger partial charge in [-0.25, -0.2) is 9.18 Å². The zero-order valence-corrected chi connectivity index (χ0v) is 10.5. The van der Waals surface area contributed by atoms with Crippen molar-refractivity contribution >= 4 is 23.4 Å². The Morgan fingerprint density at radius 3 is 2.53 bits per heavy atom. The minimum atomic E-state index is -0.684. The lowest BCUT2D eigenvalue weighted by Crippen LogP contribution is -2.01. The van der Waals surface area contributed by atoms with Gasteiger partial charge < -0.3 is 9.15 Å². The molecule has 0 aliphatic carbocycles. The van der Waals surface area contributed by atoms with Crippen LogP contribution >= 0.6 is 11.6 Å². The van der Waals surface area contributed by atoms with Crippen molar-refractivity contribution in [2.24, 2.45) is 0 Å². The lowest BCUT2D eigenvalue weighted by atomic mass is 10.1. The maximum atomic E-state index is 13.0. The van der Waals surface area contributed by atoms with Crippen LogP contribution in [-0.2, 0) is 4.74 Å². The molecule has 0 spiro atoms. The molecule has 0 atom stereocenters. The molecule has 98 valence electrons. The van der Waals surface area contributed by atoms with E-state index in [1.807, 2.05) is 0 Å². The number of rotatable bonds is 3. The van der Waals surface area contributed by atoms with Crippen LogP contribution in [0.3, 0.4) is 0 Å². The quantitative estimate of drug-likeness (QED) is 0.641. The number of benzene rings is 1. The molecule has 0 aliphatic heterocycles. The van der Waals surface area contributed by atoms with Crippen LogP contribution in [0.25, 0.3) is 0 Å². The van der Waals surface area contributed by atoms with Crippen molar-refractivity contribution in [3.8, 4) is 0 Å². The maximum Gasteiger partial charge on any atom is 0.373 e. The van der Waals surface area contributed by atoms with Gasteiger partial charge in [-0.2, -0.15) is 0 Å². The summed E-state index contributed by atoms with van der Waals surface area (Å²) in [7, 11) is 1.20. The Balaban J connectivity index is 2.31. The molecule has 19 heavy (non-hydrogen) atoms. The predicted octanol–water partition coefficient (Wildman–Crippen LogP) is 3.09. The minimum absolute atomic E-state index is 0.0527. The molecule has 0 radical (unpaired) electrons. The Bertz CT molecular complexity index is 648. The molecule has 0 saturated heterocycles. The number of furan rings is 1. The van der Waals surface area contributed by atoms with Gasteiger partial charge in [-0.1, -0.05) is 11.6 Å². The molecule has 0 N–H and O–H groups in total. The molecule has 1 aromatic carbocycles. The number of halogens is 2. The second-order valence-corrected chi connectivity index (χ2v) is 4.02. The van der Waals surface area contributed by atoms with E-state index in [2.05, 4.69) is 4.74 Å². The fourth-order valence-electron chi connectivity index (χ4n) is 1.45. The third kappa shape index (κ3) is 2.66. The van der Waals surface area contributed by atoms with Crippen LogP contribution in [0.5, 0.6) is 0 Å². The molecule has 2 rings (SSSR count). The van der Waals surface area contributed by atoms with E-state index in [0.29, 0.717) is 0 Å². The van der Waals surface area contributed by atoms with Crippen molar-refractivity contribution in [2.45, 2.75) is 0 Å². The highest BCUT2D eigenvalue weighted by atomic mass is 35.5. The summed E-state index contributed by atoms with van der Waals surface area (Å²) >= 11 is 5.59. The maximum absolute atomic E-state index is 13.0. The SMILES string of the molecule is COC(=O)c1ccc(C(=O)c2ccc(F)c(Cl)c2)o1. The number of hydrogen-bond acceptors (Lipinski definition) is 4. The first-order valence-corrected chi connectivity index (χ1v) is 5.58. The van der Waals surface area contributed by atoms with Gasteiger partial charge in [0.05, 0.1) is 12.1 Å². The monoisotopic (exact) mass is 282 g/mol. The fourth-order valence-corrected chi connectivity index (χ4v) is 1.63. The van der Waals surface area contributed by atoms with Crippen molar-refractivity contribution < 1.29 is 23.1 Å². The first-order chi connectivity index (χ1) is 9.02. The van der Waals surface area contributed by atoms with Gasteiger partial charge in [0, 0.05) is 5.56 Å². The summed E-state index contributed by atoms with van der Waals surface area (Å²) in [4.78, 5) is 23.2. The van der Waals surface area contributed by atoms with Crippen molar-refractivity contribution in [1.29, 1.82) is 0 Å². The summed E-state index contributed by atoms with van der Waals surface area (Å²) in [5.41, 5.74) is 0.164. The van der Waals surface area contributed by atoms with E-state index in [1.165, 1.54) is 31.4 Å². The van der Waals surface area contributed by atoms with Gasteiger partial charge in [-0.05, 0) is 30.3 Å². The molecule has 1 heterocycles. The van der Waals surface area contributed by atoms with Gasteiger partial charge in [0.25, 0.3) is 0 Å². The van der Waals surface area contributed by atoms with Crippen LogP contribution < -0.4 is 0 Å². The Morgan fingerprint density at radius 1 is 1.21 bits per heavy atom. The topological polar surface area (TPSA) is 56.5 Å². The Hall–Kier alpha value is -2.14. The van der Waals surface area contributed by atoms with E-state index >= 15 is 0 Å². The second-order valence-electron chi connectivity index (χ2n) is 3.61. The predicted molar refractivity (Wildman–Crippen MR) is 64.9 cm³/mol. The summed E-state index contributed by atoms with van der Waals surface area (Å²) in [6.07, 6.45) is 0. The van der Waals surface area contributed by atoms with Gasteiger partial charge in [0.15, 0.2) is 5.76 Å². The van der Waals surface area contributed by atoms with E-state index in [9.17, 15) is 14.0 Å². The molecule has 0 fully saturated rings. The standard InChI is InChI=1S/C13H8ClFO4/c1-18-13(17)11-5-4-10(19-11)12(16)7-2-3-9(15)8(14)6-7/h2-6H,1H3. The van der Waals surface area contributed by atoms with Crippen molar-refractivity contribution in [3.63, 3.8) is 0 Å². The summed E-state index contributed by atoms with van der Waals surface area (Å²) in [6.45, 7) is 0. The molecular weight excluding hydrogens is 275 g/mol. The number of carbonyl (C=O) groups excluding carboxylic acids is 2. The van der Waals surface area contributed by atoms with E-state index in [4.69, 9.17) is 16.0 Å². The summed E-state index contributed by atoms with van der Waals surface area (Å²) in [5, 5.41) is -0.161. The normalized spacial score (nSPS) is 10.3. The molecule has 0 aliphatic rings. The molecule has 6 heteroatoms. The van der Waals surface area contributed by atoms with Gasteiger partial charge in [0.1, 0.15) is 5.82 Å². The number of methoxy groups -OCH3 is 1. The molecule has 2 aromatic rings. The molecule has 0 saturated carbocycles. The molecular formula is C13H8ClFO4. The zero-order valence-electron chi connectivity index (χ0n) is 9.78. The summed E-state index contributed by atoms with van der Waals surface area (Å²) in [5.74, 6) is -1.94. The number of carbonyl (C=O) groups is 2. The number of esters is 1. The molecule has 4 nitrogen and oxygen atoms in total. The van der Waals surface area contributed by atoms with Crippen LogP contribution in [0.15, 0.2) is 34.7 Å². The van der Waals surface area contributed by atoms with Gasteiger partial charge in [-0.3, -0.25) is 4.79 Å². The minimum Gasteiger partial charge on any atom is -0.463 e. The average Bonchev–Trinajstić information content (AvgIpc) is 2.89. The molecule has 0 bridgehead atoms. The van der Waals surface area contributed by atoms with Gasteiger partial charge in [0.2, 0.25) is 11.5 Å². The van der Waals surface area contributed by atoms with Crippen molar-refractivity contribution in [1.82, 2.24) is 0 Å². The number of ketones is 1. The smallest absolute Gasteiger partial charge is 0.373 e. The highest BCUT2D eigenvalue weighted by molar-refractivity contribution is 6.31. The van der Waals surface area contributed by atoms with Crippen LogP contribution in [0.1, 0.15) is 26.7 Å². The van der Waals surface area contributed by atoms with Crippen molar-refractivity contribution in [2.75, 3.05) is 7.11 Å². The largest absolute Gasteiger partial charge is 0.463 e. The van der Waals surface area contributed by atoms with E-state index < -0.39 is 17.6 Å². The third-order valence-corrected chi connectivity index (χ3v) is 2.69.